The molecule has 0 unspecified atom stereocenters. The van der Waals surface area contributed by atoms with E-state index >= 15 is 0 Å². The molecule has 0 spiro atoms. The minimum absolute atomic E-state index is 0.140. The van der Waals surface area contributed by atoms with E-state index in [1.54, 1.807) is 19.1 Å². The van der Waals surface area contributed by atoms with E-state index in [-0.39, 0.29) is 11.4 Å². The molecule has 1 saturated heterocycles. The molecular weight excluding hydrogens is 334 g/mol. The van der Waals surface area contributed by atoms with E-state index < -0.39 is 22.0 Å². The average molecular weight is 348 g/mol. The van der Waals surface area contributed by atoms with Gasteiger partial charge in [0.2, 0.25) is 10.0 Å². The van der Waals surface area contributed by atoms with Crippen LogP contribution in [0, 0.1) is 6.92 Å². The zero-order valence-corrected chi connectivity index (χ0v) is 12.7. The largest absolute Gasteiger partial charge is 0.480 e. The highest BCUT2D eigenvalue weighted by Crippen LogP contribution is 2.28. The number of aryl methyl sites for hydroxylation is 1. The van der Waals surface area contributed by atoms with Gasteiger partial charge in [-0.1, -0.05) is 15.9 Å². The van der Waals surface area contributed by atoms with Gasteiger partial charge < -0.3 is 5.11 Å². The van der Waals surface area contributed by atoms with E-state index in [9.17, 15) is 13.2 Å². The maximum absolute atomic E-state index is 12.5. The Balaban J connectivity index is 2.42. The molecule has 0 radical (unpaired) electrons. The minimum Gasteiger partial charge on any atom is -0.480 e. The standard InChI is InChI=1S/C12H14BrNO4S/c1-8-7-9(4-5-10(8)13)19(17,18)14-6-2-3-11(14)12(15)16/h4-5,7,11H,2-3,6H2,1H3,(H,15,16)/t11-/m1/s1. The number of aliphatic carboxylic acids is 1. The Morgan fingerprint density at radius 2 is 2.16 bits per heavy atom. The van der Waals surface area contributed by atoms with Crippen LogP contribution in [-0.2, 0) is 14.8 Å². The van der Waals surface area contributed by atoms with Crippen LogP contribution >= 0.6 is 15.9 Å². The smallest absolute Gasteiger partial charge is 0.322 e. The first kappa shape index (κ1) is 14.5. The van der Waals surface area contributed by atoms with Gasteiger partial charge in [-0.2, -0.15) is 4.31 Å². The van der Waals surface area contributed by atoms with E-state index in [1.165, 1.54) is 6.07 Å². The Kier molecular flexibility index (Phi) is 3.98. The van der Waals surface area contributed by atoms with Gasteiger partial charge in [0.05, 0.1) is 4.90 Å². The minimum atomic E-state index is -3.74. The van der Waals surface area contributed by atoms with Gasteiger partial charge in [-0.3, -0.25) is 4.79 Å². The summed E-state index contributed by atoms with van der Waals surface area (Å²) >= 11 is 3.31. The zero-order valence-electron chi connectivity index (χ0n) is 10.3. The summed E-state index contributed by atoms with van der Waals surface area (Å²) in [6.07, 6.45) is 0.940. The molecule has 0 aliphatic carbocycles. The second kappa shape index (κ2) is 5.22. The number of carboxylic acids is 1. The van der Waals surface area contributed by atoms with Crippen molar-refractivity contribution in [1.82, 2.24) is 4.31 Å². The van der Waals surface area contributed by atoms with Crippen molar-refractivity contribution in [3.63, 3.8) is 0 Å². The van der Waals surface area contributed by atoms with Crippen LogP contribution in [0.2, 0.25) is 0 Å². The molecule has 1 N–H and O–H groups in total. The summed E-state index contributed by atoms with van der Waals surface area (Å²) in [5, 5.41) is 9.08. The lowest BCUT2D eigenvalue weighted by molar-refractivity contribution is -0.140. The summed E-state index contributed by atoms with van der Waals surface area (Å²) in [5.41, 5.74) is 0.798. The van der Waals surface area contributed by atoms with Crippen LogP contribution in [0.25, 0.3) is 0 Å². The third kappa shape index (κ3) is 2.68. The molecule has 1 aromatic rings. The van der Waals surface area contributed by atoms with Crippen LogP contribution in [0.3, 0.4) is 0 Å². The SMILES string of the molecule is Cc1cc(S(=O)(=O)N2CCC[C@@H]2C(=O)O)ccc1Br. The van der Waals surface area contributed by atoms with Crippen molar-refractivity contribution in [2.75, 3.05) is 6.54 Å². The van der Waals surface area contributed by atoms with E-state index in [1.807, 2.05) is 0 Å². The molecule has 7 heteroatoms. The number of carbonyl (C=O) groups is 1. The van der Waals surface area contributed by atoms with E-state index in [4.69, 9.17) is 5.11 Å². The van der Waals surface area contributed by atoms with Crippen LogP contribution in [0.15, 0.2) is 27.6 Å². The average Bonchev–Trinajstić information content (AvgIpc) is 2.82. The zero-order chi connectivity index (χ0) is 14.2. The molecule has 1 atom stereocenters. The van der Waals surface area contributed by atoms with Crippen molar-refractivity contribution >= 4 is 31.9 Å². The molecule has 19 heavy (non-hydrogen) atoms. The Morgan fingerprint density at radius 1 is 1.47 bits per heavy atom. The van der Waals surface area contributed by atoms with E-state index in [2.05, 4.69) is 15.9 Å². The monoisotopic (exact) mass is 347 g/mol. The predicted octanol–water partition coefficient (Wildman–Crippen LogP) is 2.00. The highest BCUT2D eigenvalue weighted by atomic mass is 79.9. The maximum atomic E-state index is 12.5. The number of hydrogen-bond donors (Lipinski definition) is 1. The molecule has 0 saturated carbocycles. The summed E-state index contributed by atoms with van der Waals surface area (Å²) in [4.78, 5) is 11.2. The summed E-state index contributed by atoms with van der Waals surface area (Å²) < 4.78 is 26.8. The molecule has 1 aliphatic heterocycles. The molecule has 5 nitrogen and oxygen atoms in total. The van der Waals surface area contributed by atoms with Gasteiger partial charge in [0.25, 0.3) is 0 Å². The number of carboxylic acid groups (broad SMARTS) is 1. The van der Waals surface area contributed by atoms with Crippen LogP contribution in [0.4, 0.5) is 0 Å². The van der Waals surface area contributed by atoms with Crippen LogP contribution in [0.1, 0.15) is 18.4 Å². The molecular formula is C12H14BrNO4S. The molecule has 1 heterocycles. The topological polar surface area (TPSA) is 74.7 Å². The number of benzene rings is 1. The fraction of sp³-hybridized carbons (Fsp3) is 0.417. The van der Waals surface area contributed by atoms with Gasteiger partial charge in [0.15, 0.2) is 0 Å². The van der Waals surface area contributed by atoms with Crippen molar-refractivity contribution in [2.24, 2.45) is 0 Å². The van der Waals surface area contributed by atoms with Crippen LogP contribution < -0.4 is 0 Å². The molecule has 1 aliphatic rings. The molecule has 104 valence electrons. The summed E-state index contributed by atoms with van der Waals surface area (Å²) in [7, 11) is -3.74. The fourth-order valence-corrected chi connectivity index (χ4v) is 4.17. The molecule has 0 bridgehead atoms. The lowest BCUT2D eigenvalue weighted by Gasteiger charge is -2.21. The van der Waals surface area contributed by atoms with Crippen LogP contribution in [0.5, 0.6) is 0 Å². The first-order valence-electron chi connectivity index (χ1n) is 5.85. The molecule has 0 aromatic heterocycles. The van der Waals surface area contributed by atoms with Crippen molar-refractivity contribution in [2.45, 2.75) is 30.7 Å². The second-order valence-electron chi connectivity index (χ2n) is 4.52. The highest BCUT2D eigenvalue weighted by molar-refractivity contribution is 9.10. The van der Waals surface area contributed by atoms with Crippen molar-refractivity contribution in [1.29, 1.82) is 0 Å². The number of sulfonamides is 1. The molecule has 1 aromatic carbocycles. The van der Waals surface area contributed by atoms with E-state index in [0.29, 0.717) is 12.8 Å². The van der Waals surface area contributed by atoms with E-state index in [0.717, 1.165) is 14.3 Å². The maximum Gasteiger partial charge on any atom is 0.322 e. The fourth-order valence-electron chi connectivity index (χ4n) is 2.19. The summed E-state index contributed by atoms with van der Waals surface area (Å²) in [6.45, 7) is 2.05. The van der Waals surface area contributed by atoms with Gasteiger partial charge in [0.1, 0.15) is 6.04 Å². The number of rotatable bonds is 3. The lowest BCUT2D eigenvalue weighted by Crippen LogP contribution is -2.40. The number of halogens is 1. The highest BCUT2D eigenvalue weighted by Gasteiger charge is 2.39. The summed E-state index contributed by atoms with van der Waals surface area (Å²) in [6, 6.07) is 3.75. The Bertz CT molecular complexity index is 614. The van der Waals surface area contributed by atoms with Crippen molar-refractivity contribution < 1.29 is 18.3 Å². The quantitative estimate of drug-likeness (QED) is 0.907. The van der Waals surface area contributed by atoms with Gasteiger partial charge in [-0.25, -0.2) is 8.42 Å². The molecule has 2 rings (SSSR count). The normalized spacial score (nSPS) is 20.6. The first-order valence-corrected chi connectivity index (χ1v) is 8.08. The first-order chi connectivity index (χ1) is 8.84. The lowest BCUT2D eigenvalue weighted by atomic mass is 10.2. The van der Waals surface area contributed by atoms with Gasteiger partial charge >= 0.3 is 5.97 Å². The Morgan fingerprint density at radius 3 is 2.74 bits per heavy atom. The number of hydrogen-bond acceptors (Lipinski definition) is 3. The van der Waals surface area contributed by atoms with Crippen LogP contribution in [-0.4, -0.2) is 36.4 Å². The second-order valence-corrected chi connectivity index (χ2v) is 7.27. The predicted molar refractivity (Wildman–Crippen MR) is 73.4 cm³/mol. The summed E-state index contributed by atoms with van der Waals surface area (Å²) in [5.74, 6) is -1.09. The molecule has 1 fully saturated rings. The molecule has 0 amide bonds. The van der Waals surface area contributed by atoms with Gasteiger partial charge in [-0.15, -0.1) is 0 Å². The Hall–Kier alpha value is -0.920. The Labute approximate surface area is 120 Å². The third-order valence-electron chi connectivity index (χ3n) is 3.22. The third-order valence-corrected chi connectivity index (χ3v) is 6.02. The van der Waals surface area contributed by atoms with Gasteiger partial charge in [-0.05, 0) is 43.5 Å². The number of nitrogens with zero attached hydrogens (tertiary/aromatic N) is 1. The van der Waals surface area contributed by atoms with Crippen molar-refractivity contribution in [3.05, 3.63) is 28.2 Å². The van der Waals surface area contributed by atoms with Gasteiger partial charge in [0, 0.05) is 11.0 Å². The van der Waals surface area contributed by atoms with Crippen molar-refractivity contribution in [3.8, 4) is 0 Å².